The summed E-state index contributed by atoms with van der Waals surface area (Å²) in [6.07, 6.45) is 1.35. The molecule has 5 nitrogen and oxygen atoms in total. The molecule has 1 fully saturated rings. The number of rotatable bonds is 3. The number of aryl methyl sites for hydroxylation is 2. The lowest BCUT2D eigenvalue weighted by atomic mass is 10.1. The van der Waals surface area contributed by atoms with E-state index < -0.39 is 0 Å². The number of ether oxygens (including phenoxy) is 1. The summed E-state index contributed by atoms with van der Waals surface area (Å²) in [6.45, 7) is 5.52. The van der Waals surface area contributed by atoms with E-state index in [0.717, 1.165) is 29.6 Å². The van der Waals surface area contributed by atoms with Gasteiger partial charge in [-0.05, 0) is 43.5 Å². The number of carbonyl (C=O) groups excluding carboxylic acids is 1. The molecule has 0 saturated carbocycles. The lowest BCUT2D eigenvalue weighted by molar-refractivity contribution is -0.129. The molecule has 112 valence electrons. The largest absolute Gasteiger partial charge is 0.380 e. The van der Waals surface area contributed by atoms with Crippen LogP contribution in [0.1, 0.15) is 23.2 Å². The van der Waals surface area contributed by atoms with Crippen LogP contribution < -0.4 is 0 Å². The van der Waals surface area contributed by atoms with E-state index in [0.29, 0.717) is 6.54 Å². The van der Waals surface area contributed by atoms with Crippen LogP contribution in [0.4, 0.5) is 0 Å². The van der Waals surface area contributed by atoms with Gasteiger partial charge in [-0.25, -0.2) is 0 Å². The average Bonchev–Trinajstić information content (AvgIpc) is 3.08. The number of hydrogen-bond donors (Lipinski definition) is 0. The van der Waals surface area contributed by atoms with Crippen molar-refractivity contribution in [3.8, 4) is 0 Å². The van der Waals surface area contributed by atoms with Gasteiger partial charge in [-0.3, -0.25) is 4.79 Å². The van der Waals surface area contributed by atoms with Gasteiger partial charge in [-0.15, -0.1) is 0 Å². The van der Waals surface area contributed by atoms with Crippen LogP contribution in [-0.4, -0.2) is 42.3 Å². The van der Waals surface area contributed by atoms with Crippen molar-refractivity contribution in [2.75, 3.05) is 20.2 Å². The summed E-state index contributed by atoms with van der Waals surface area (Å²) in [5.74, 6) is 0.0861. The van der Waals surface area contributed by atoms with Gasteiger partial charge in [0.25, 0.3) is 0 Å². The first-order valence-corrected chi connectivity index (χ1v) is 7.24. The Morgan fingerprint density at radius 2 is 2.19 bits per heavy atom. The topological polar surface area (TPSA) is 55.6 Å². The molecule has 0 aliphatic carbocycles. The minimum atomic E-state index is 0.0861. The predicted octanol–water partition coefficient (Wildman–Crippen LogP) is 2.23. The fraction of sp³-hybridized carbons (Fsp3) is 0.500. The van der Waals surface area contributed by atoms with Gasteiger partial charge in [-0.2, -0.15) is 0 Å². The van der Waals surface area contributed by atoms with Gasteiger partial charge in [0.1, 0.15) is 5.69 Å². The highest BCUT2D eigenvalue weighted by molar-refractivity contribution is 5.87. The van der Waals surface area contributed by atoms with E-state index in [2.05, 4.69) is 12.1 Å². The highest BCUT2D eigenvalue weighted by atomic mass is 16.5. The summed E-state index contributed by atoms with van der Waals surface area (Å²) < 4.78 is 10.6. The maximum Gasteiger partial charge on any atom is 0.228 e. The molecule has 2 heterocycles. The second-order valence-corrected chi connectivity index (χ2v) is 5.72. The van der Waals surface area contributed by atoms with Crippen molar-refractivity contribution in [3.05, 3.63) is 29.0 Å². The van der Waals surface area contributed by atoms with Crippen molar-refractivity contribution >= 4 is 16.9 Å². The van der Waals surface area contributed by atoms with Crippen LogP contribution in [0.15, 0.2) is 16.7 Å². The maximum absolute atomic E-state index is 12.4. The van der Waals surface area contributed by atoms with E-state index >= 15 is 0 Å². The second-order valence-electron chi connectivity index (χ2n) is 5.72. The molecular formula is C16H20N2O3. The smallest absolute Gasteiger partial charge is 0.228 e. The van der Waals surface area contributed by atoms with E-state index in [-0.39, 0.29) is 18.4 Å². The minimum absolute atomic E-state index is 0.0861. The first-order chi connectivity index (χ1) is 10.1. The molecule has 3 rings (SSSR count). The third-order valence-electron chi connectivity index (χ3n) is 4.31. The molecule has 2 aromatic rings. The third-order valence-corrected chi connectivity index (χ3v) is 4.31. The Morgan fingerprint density at radius 3 is 2.90 bits per heavy atom. The van der Waals surface area contributed by atoms with E-state index in [9.17, 15) is 4.79 Å². The number of fused-ring (bicyclic) bond motifs is 1. The lowest BCUT2D eigenvalue weighted by Gasteiger charge is -2.15. The van der Waals surface area contributed by atoms with Crippen molar-refractivity contribution < 1.29 is 14.1 Å². The van der Waals surface area contributed by atoms with Crippen molar-refractivity contribution in [3.63, 3.8) is 0 Å². The number of hydrogen-bond acceptors (Lipinski definition) is 4. The van der Waals surface area contributed by atoms with E-state index in [1.54, 1.807) is 7.11 Å². The van der Waals surface area contributed by atoms with Crippen LogP contribution in [0, 0.1) is 13.8 Å². The zero-order valence-corrected chi connectivity index (χ0v) is 12.7. The summed E-state index contributed by atoms with van der Waals surface area (Å²) in [5.41, 5.74) is 3.81. The second kappa shape index (κ2) is 5.48. The molecule has 0 radical (unpaired) electrons. The van der Waals surface area contributed by atoms with Crippen molar-refractivity contribution in [1.82, 2.24) is 10.1 Å². The Labute approximate surface area is 123 Å². The molecule has 0 N–H and O–H groups in total. The molecule has 1 unspecified atom stereocenters. The summed E-state index contributed by atoms with van der Waals surface area (Å²) >= 11 is 0. The molecule has 1 aromatic carbocycles. The molecule has 0 bridgehead atoms. The number of likely N-dealkylation sites (tertiary alicyclic amines) is 1. The van der Waals surface area contributed by atoms with E-state index in [1.807, 2.05) is 24.0 Å². The van der Waals surface area contributed by atoms with Gasteiger partial charge in [0.15, 0.2) is 5.58 Å². The Bertz CT molecular complexity index is 677. The number of methoxy groups -OCH3 is 1. The molecular weight excluding hydrogens is 268 g/mol. The third kappa shape index (κ3) is 2.65. The van der Waals surface area contributed by atoms with Gasteiger partial charge in [0.2, 0.25) is 5.91 Å². The molecule has 1 aliphatic heterocycles. The monoisotopic (exact) mass is 288 g/mol. The summed E-state index contributed by atoms with van der Waals surface area (Å²) in [4.78, 5) is 14.2. The van der Waals surface area contributed by atoms with Crippen LogP contribution in [0.3, 0.4) is 0 Å². The predicted molar refractivity (Wildman–Crippen MR) is 79.2 cm³/mol. The Morgan fingerprint density at radius 1 is 1.43 bits per heavy atom. The molecule has 1 aliphatic rings. The van der Waals surface area contributed by atoms with Crippen LogP contribution in [0.2, 0.25) is 0 Å². The van der Waals surface area contributed by atoms with Crippen LogP contribution >= 0.6 is 0 Å². The number of carbonyl (C=O) groups is 1. The first-order valence-electron chi connectivity index (χ1n) is 7.24. The van der Waals surface area contributed by atoms with Gasteiger partial charge in [0, 0.05) is 25.6 Å². The summed E-state index contributed by atoms with van der Waals surface area (Å²) in [6, 6.07) is 4.02. The number of aromatic nitrogens is 1. The average molecular weight is 288 g/mol. The number of benzene rings is 1. The van der Waals surface area contributed by atoms with E-state index in [1.165, 1.54) is 11.1 Å². The van der Waals surface area contributed by atoms with Gasteiger partial charge >= 0.3 is 0 Å². The minimum Gasteiger partial charge on any atom is -0.380 e. The molecule has 1 atom stereocenters. The standard InChI is InChI=1S/C16H20N2O3/c1-10-6-13-14(17-21-15(13)7-11(10)2)8-16(19)18-5-4-12(9-18)20-3/h6-7,12H,4-5,8-9H2,1-3H3. The molecule has 0 spiro atoms. The van der Waals surface area contributed by atoms with Gasteiger partial charge in [-0.1, -0.05) is 5.16 Å². The zero-order valence-electron chi connectivity index (χ0n) is 12.7. The van der Waals surface area contributed by atoms with Gasteiger partial charge in [0.05, 0.1) is 12.5 Å². The first kappa shape index (κ1) is 14.1. The molecule has 1 amide bonds. The SMILES string of the molecule is COC1CCN(C(=O)Cc2noc3cc(C)c(C)cc23)C1. The van der Waals surface area contributed by atoms with Crippen LogP contribution in [-0.2, 0) is 16.0 Å². The van der Waals surface area contributed by atoms with Gasteiger partial charge < -0.3 is 14.2 Å². The van der Waals surface area contributed by atoms with Crippen molar-refractivity contribution in [2.24, 2.45) is 0 Å². The molecule has 1 aromatic heterocycles. The highest BCUT2D eigenvalue weighted by Crippen LogP contribution is 2.24. The number of nitrogens with zero attached hydrogens (tertiary/aromatic N) is 2. The normalized spacial score (nSPS) is 18.6. The number of amides is 1. The Hall–Kier alpha value is -1.88. The Balaban J connectivity index is 1.79. The maximum atomic E-state index is 12.4. The zero-order chi connectivity index (χ0) is 15.0. The van der Waals surface area contributed by atoms with Crippen molar-refractivity contribution in [1.29, 1.82) is 0 Å². The lowest BCUT2D eigenvalue weighted by Crippen LogP contribution is -2.31. The quantitative estimate of drug-likeness (QED) is 0.869. The highest BCUT2D eigenvalue weighted by Gasteiger charge is 2.27. The fourth-order valence-corrected chi connectivity index (χ4v) is 2.77. The Kier molecular flexibility index (Phi) is 3.68. The fourth-order valence-electron chi connectivity index (χ4n) is 2.77. The summed E-state index contributed by atoms with van der Waals surface area (Å²) in [5, 5.41) is 5.01. The summed E-state index contributed by atoms with van der Waals surface area (Å²) in [7, 11) is 1.69. The molecule has 1 saturated heterocycles. The van der Waals surface area contributed by atoms with E-state index in [4.69, 9.17) is 9.26 Å². The van der Waals surface area contributed by atoms with Crippen molar-refractivity contribution in [2.45, 2.75) is 32.8 Å². The van der Waals surface area contributed by atoms with Crippen LogP contribution in [0.5, 0.6) is 0 Å². The molecule has 21 heavy (non-hydrogen) atoms. The van der Waals surface area contributed by atoms with Crippen LogP contribution in [0.25, 0.3) is 11.0 Å². The molecule has 5 heteroatoms.